The lowest BCUT2D eigenvalue weighted by atomic mass is 9.89. The highest BCUT2D eigenvalue weighted by atomic mass is 35.5. The molecule has 4 aromatic rings. The second-order valence-corrected chi connectivity index (χ2v) is 8.40. The molecule has 4 rings (SSSR count). The molecule has 31 heavy (non-hydrogen) atoms. The first-order valence-corrected chi connectivity index (χ1v) is 10.5. The van der Waals surface area contributed by atoms with Gasteiger partial charge in [-0.3, -0.25) is 4.98 Å². The van der Waals surface area contributed by atoms with Crippen molar-refractivity contribution in [3.05, 3.63) is 78.0 Å². The van der Waals surface area contributed by atoms with Crippen molar-refractivity contribution in [1.29, 1.82) is 0 Å². The van der Waals surface area contributed by atoms with Crippen LogP contribution in [0.3, 0.4) is 0 Å². The molecule has 0 aliphatic heterocycles. The number of aromatic amines is 1. The molecule has 2 aromatic carbocycles. The second-order valence-electron chi connectivity index (χ2n) is 8.40. The number of nitrogens with one attached hydrogen (secondary N) is 2. The fourth-order valence-corrected chi connectivity index (χ4v) is 4.06. The summed E-state index contributed by atoms with van der Waals surface area (Å²) in [6, 6.07) is 13.4. The average molecular weight is 442 g/mol. The Hall–Kier alpha value is -2.47. The van der Waals surface area contributed by atoms with Gasteiger partial charge in [0, 0.05) is 53.0 Å². The van der Waals surface area contributed by atoms with Crippen LogP contribution in [-0.2, 0) is 12.1 Å². The number of hydrogen-bond acceptors (Lipinski definition) is 3. The van der Waals surface area contributed by atoms with Crippen LogP contribution in [0.15, 0.2) is 61.1 Å². The lowest BCUT2D eigenvalue weighted by Gasteiger charge is -2.24. The van der Waals surface area contributed by atoms with Gasteiger partial charge in [-0.25, -0.2) is 4.39 Å². The van der Waals surface area contributed by atoms with Crippen molar-refractivity contribution >= 4 is 34.1 Å². The fourth-order valence-electron chi connectivity index (χ4n) is 4.06. The third-order valence-electron chi connectivity index (χ3n) is 5.88. The standard InChI is InChI=1S/C25H28FN3O.ClH/c1-17(28-14-18-5-6-20-15-27-11-9-19(20)12-18)4-3-10-25(2,30)23-16-29-24-8-7-21(26)13-22(23)24;/h5-9,11-13,15-17,28-30H,3-4,10,14H2,1-2H3;1H/t17-,25?;/m1./s1. The Labute approximate surface area is 188 Å². The molecule has 0 spiro atoms. The summed E-state index contributed by atoms with van der Waals surface area (Å²) in [5.74, 6) is -0.290. The molecule has 0 fully saturated rings. The van der Waals surface area contributed by atoms with Crippen LogP contribution in [0, 0.1) is 5.82 Å². The smallest absolute Gasteiger partial charge is 0.123 e. The molecule has 2 atom stereocenters. The fraction of sp³-hybridized carbons (Fsp3) is 0.320. The topological polar surface area (TPSA) is 60.9 Å². The summed E-state index contributed by atoms with van der Waals surface area (Å²) >= 11 is 0. The largest absolute Gasteiger partial charge is 0.385 e. The maximum atomic E-state index is 13.6. The average Bonchev–Trinajstić information content (AvgIpc) is 3.16. The first kappa shape index (κ1) is 23.2. The molecule has 6 heteroatoms. The molecule has 0 radical (unpaired) electrons. The maximum absolute atomic E-state index is 13.6. The van der Waals surface area contributed by atoms with Gasteiger partial charge in [0.2, 0.25) is 0 Å². The number of rotatable bonds is 8. The summed E-state index contributed by atoms with van der Waals surface area (Å²) < 4.78 is 13.6. The Morgan fingerprint density at radius 2 is 2.00 bits per heavy atom. The van der Waals surface area contributed by atoms with Crippen LogP contribution in [0.5, 0.6) is 0 Å². The van der Waals surface area contributed by atoms with E-state index in [2.05, 4.69) is 40.4 Å². The molecule has 1 unspecified atom stereocenters. The van der Waals surface area contributed by atoms with E-state index in [0.29, 0.717) is 12.5 Å². The number of fused-ring (bicyclic) bond motifs is 2. The van der Waals surface area contributed by atoms with Crippen LogP contribution in [0.25, 0.3) is 21.7 Å². The molecule has 0 saturated carbocycles. The van der Waals surface area contributed by atoms with Crippen LogP contribution >= 0.6 is 12.4 Å². The normalized spacial score (nSPS) is 14.3. The Balaban J connectivity index is 0.00000272. The third-order valence-corrected chi connectivity index (χ3v) is 5.88. The summed E-state index contributed by atoms with van der Waals surface area (Å²) in [5.41, 5.74) is 1.84. The minimum atomic E-state index is -1.00. The summed E-state index contributed by atoms with van der Waals surface area (Å²) in [7, 11) is 0. The SMILES string of the molecule is C[C@H](CCCC(C)(O)c1c[nH]c2ccc(F)cc12)NCc1ccc2cnccc2c1.Cl. The first-order valence-electron chi connectivity index (χ1n) is 10.5. The summed E-state index contributed by atoms with van der Waals surface area (Å²) in [5, 5.41) is 17.7. The summed E-state index contributed by atoms with van der Waals surface area (Å²) in [6.45, 7) is 4.78. The molecule has 2 heterocycles. The van der Waals surface area contributed by atoms with E-state index in [1.165, 1.54) is 23.1 Å². The highest BCUT2D eigenvalue weighted by Crippen LogP contribution is 2.33. The van der Waals surface area contributed by atoms with Crippen molar-refractivity contribution in [1.82, 2.24) is 15.3 Å². The quantitative estimate of drug-likeness (QED) is 0.322. The van der Waals surface area contributed by atoms with E-state index in [9.17, 15) is 9.50 Å². The number of halogens is 2. The van der Waals surface area contributed by atoms with E-state index in [4.69, 9.17) is 0 Å². The Morgan fingerprint density at radius 1 is 1.16 bits per heavy atom. The van der Waals surface area contributed by atoms with E-state index in [1.807, 2.05) is 25.4 Å². The number of hydrogen-bond donors (Lipinski definition) is 3. The van der Waals surface area contributed by atoms with E-state index in [0.717, 1.165) is 41.2 Å². The van der Waals surface area contributed by atoms with Crippen molar-refractivity contribution in [3.8, 4) is 0 Å². The molecule has 2 aromatic heterocycles. The van der Waals surface area contributed by atoms with Gasteiger partial charge in [0.05, 0.1) is 5.60 Å². The molecular formula is C25H29ClFN3O. The van der Waals surface area contributed by atoms with Crippen LogP contribution in [0.4, 0.5) is 4.39 Å². The van der Waals surface area contributed by atoms with E-state index >= 15 is 0 Å². The first-order chi connectivity index (χ1) is 14.4. The number of aromatic nitrogens is 2. The third kappa shape index (κ3) is 5.42. The predicted molar refractivity (Wildman–Crippen MR) is 127 cm³/mol. The molecule has 164 valence electrons. The molecule has 0 aliphatic rings. The van der Waals surface area contributed by atoms with Crippen LogP contribution in [0.2, 0.25) is 0 Å². The van der Waals surface area contributed by atoms with Gasteiger partial charge in [0.1, 0.15) is 5.82 Å². The zero-order valence-electron chi connectivity index (χ0n) is 17.9. The molecule has 3 N–H and O–H groups in total. The van der Waals surface area contributed by atoms with Crippen molar-refractivity contribution in [2.24, 2.45) is 0 Å². The molecule has 0 aliphatic carbocycles. The number of aliphatic hydroxyl groups is 1. The van der Waals surface area contributed by atoms with Gasteiger partial charge in [-0.2, -0.15) is 0 Å². The Morgan fingerprint density at radius 3 is 2.84 bits per heavy atom. The van der Waals surface area contributed by atoms with Crippen molar-refractivity contribution < 1.29 is 9.50 Å². The van der Waals surface area contributed by atoms with Gasteiger partial charge in [-0.1, -0.05) is 12.1 Å². The monoisotopic (exact) mass is 441 g/mol. The minimum Gasteiger partial charge on any atom is -0.385 e. The molecule has 0 saturated heterocycles. The van der Waals surface area contributed by atoms with Crippen molar-refractivity contribution in [3.63, 3.8) is 0 Å². The molecule has 0 amide bonds. The number of H-pyrrole nitrogens is 1. The van der Waals surface area contributed by atoms with Crippen molar-refractivity contribution in [2.45, 2.75) is 51.3 Å². The van der Waals surface area contributed by atoms with Crippen LogP contribution < -0.4 is 5.32 Å². The second kappa shape index (κ2) is 9.77. The van der Waals surface area contributed by atoms with Gasteiger partial charge in [0.15, 0.2) is 0 Å². The predicted octanol–water partition coefficient (Wildman–Crippen LogP) is 5.83. The summed E-state index contributed by atoms with van der Waals surface area (Å²) in [6.07, 6.45) is 7.92. The number of benzene rings is 2. The Kier molecular flexibility index (Phi) is 7.31. The van der Waals surface area contributed by atoms with Crippen molar-refractivity contribution in [2.75, 3.05) is 0 Å². The van der Waals surface area contributed by atoms with E-state index < -0.39 is 5.60 Å². The molecule has 0 bridgehead atoms. The minimum absolute atomic E-state index is 0. The number of nitrogens with zero attached hydrogens (tertiary/aromatic N) is 1. The number of pyridine rings is 1. The Bertz CT molecular complexity index is 1160. The van der Waals surface area contributed by atoms with Gasteiger partial charge in [0.25, 0.3) is 0 Å². The van der Waals surface area contributed by atoms with Gasteiger partial charge in [-0.15, -0.1) is 12.4 Å². The zero-order valence-corrected chi connectivity index (χ0v) is 18.7. The highest BCUT2D eigenvalue weighted by molar-refractivity contribution is 5.85. The maximum Gasteiger partial charge on any atom is 0.123 e. The van der Waals surface area contributed by atoms with Gasteiger partial charge >= 0.3 is 0 Å². The van der Waals surface area contributed by atoms with Crippen LogP contribution in [0.1, 0.15) is 44.2 Å². The lowest BCUT2D eigenvalue weighted by Crippen LogP contribution is -2.27. The van der Waals surface area contributed by atoms with Gasteiger partial charge in [-0.05, 0) is 74.4 Å². The molecular weight excluding hydrogens is 413 g/mol. The van der Waals surface area contributed by atoms with Crippen LogP contribution in [-0.4, -0.2) is 21.1 Å². The lowest BCUT2D eigenvalue weighted by molar-refractivity contribution is 0.0458. The molecule has 4 nitrogen and oxygen atoms in total. The zero-order chi connectivity index (χ0) is 21.1. The van der Waals surface area contributed by atoms with E-state index in [1.54, 1.807) is 12.3 Å². The highest BCUT2D eigenvalue weighted by Gasteiger charge is 2.26. The summed E-state index contributed by atoms with van der Waals surface area (Å²) in [4.78, 5) is 7.28. The van der Waals surface area contributed by atoms with Gasteiger partial charge < -0.3 is 15.4 Å². The van der Waals surface area contributed by atoms with E-state index in [-0.39, 0.29) is 18.2 Å².